The van der Waals surface area contributed by atoms with Gasteiger partial charge in [-0.2, -0.15) is 0 Å². The number of ether oxygens (including phenoxy) is 1. The Kier molecular flexibility index (Phi) is 7.93. The van der Waals surface area contributed by atoms with Gasteiger partial charge in [0.25, 0.3) is 0 Å². The molecule has 2 atom stereocenters. The molecule has 0 aromatic heterocycles. The van der Waals surface area contributed by atoms with Crippen molar-refractivity contribution in [1.29, 1.82) is 0 Å². The summed E-state index contributed by atoms with van der Waals surface area (Å²) in [6, 6.07) is -0.00861. The SMILES string of the molecule is COCCC(C)NC(=O)N(C)CCC(C)O. The van der Waals surface area contributed by atoms with Crippen LogP contribution >= 0.6 is 0 Å². The Hall–Kier alpha value is -0.810. The van der Waals surface area contributed by atoms with Gasteiger partial charge in [0, 0.05) is 33.4 Å². The molecule has 5 nitrogen and oxygen atoms in total. The molecule has 96 valence electrons. The molecular formula is C11H24N2O3. The van der Waals surface area contributed by atoms with E-state index < -0.39 is 0 Å². The first kappa shape index (κ1) is 15.2. The molecule has 0 aliphatic carbocycles. The molecule has 0 saturated heterocycles. The minimum absolute atomic E-state index is 0.0986. The zero-order valence-electron chi connectivity index (χ0n) is 10.7. The van der Waals surface area contributed by atoms with Crippen LogP contribution in [0.1, 0.15) is 26.7 Å². The van der Waals surface area contributed by atoms with Gasteiger partial charge in [-0.15, -0.1) is 0 Å². The average Bonchev–Trinajstić information content (AvgIpc) is 2.22. The Morgan fingerprint density at radius 3 is 2.56 bits per heavy atom. The van der Waals surface area contributed by atoms with E-state index in [-0.39, 0.29) is 18.2 Å². The largest absolute Gasteiger partial charge is 0.393 e. The first-order chi connectivity index (χ1) is 7.47. The number of methoxy groups -OCH3 is 1. The second kappa shape index (κ2) is 8.35. The maximum absolute atomic E-state index is 11.6. The molecule has 0 aromatic carbocycles. The summed E-state index contributed by atoms with van der Waals surface area (Å²) in [5.41, 5.74) is 0. The number of hydrogen-bond acceptors (Lipinski definition) is 3. The average molecular weight is 232 g/mol. The lowest BCUT2D eigenvalue weighted by atomic mass is 10.2. The van der Waals surface area contributed by atoms with Crippen molar-refractivity contribution in [2.24, 2.45) is 0 Å². The number of aliphatic hydroxyl groups excluding tert-OH is 1. The lowest BCUT2D eigenvalue weighted by molar-refractivity contribution is 0.159. The lowest BCUT2D eigenvalue weighted by Crippen LogP contribution is -2.43. The van der Waals surface area contributed by atoms with Gasteiger partial charge in [0.2, 0.25) is 0 Å². The lowest BCUT2D eigenvalue weighted by Gasteiger charge is -2.21. The van der Waals surface area contributed by atoms with Gasteiger partial charge in [0.15, 0.2) is 0 Å². The van der Waals surface area contributed by atoms with Crippen molar-refractivity contribution < 1.29 is 14.6 Å². The van der Waals surface area contributed by atoms with Crippen molar-refractivity contribution in [2.75, 3.05) is 27.3 Å². The zero-order valence-corrected chi connectivity index (χ0v) is 10.7. The monoisotopic (exact) mass is 232 g/mol. The Morgan fingerprint density at radius 1 is 1.44 bits per heavy atom. The van der Waals surface area contributed by atoms with E-state index in [1.807, 2.05) is 6.92 Å². The second-order valence-electron chi connectivity index (χ2n) is 4.19. The molecule has 0 rings (SSSR count). The smallest absolute Gasteiger partial charge is 0.317 e. The summed E-state index contributed by atoms with van der Waals surface area (Å²) in [6.07, 6.45) is 1.02. The van der Waals surface area contributed by atoms with Gasteiger partial charge in [0.1, 0.15) is 0 Å². The number of nitrogens with one attached hydrogen (secondary N) is 1. The van der Waals surface area contributed by atoms with Crippen LogP contribution in [0.25, 0.3) is 0 Å². The number of amides is 2. The third-order valence-corrected chi connectivity index (χ3v) is 2.35. The van der Waals surface area contributed by atoms with Crippen molar-refractivity contribution in [3.63, 3.8) is 0 Å². The van der Waals surface area contributed by atoms with Gasteiger partial charge in [-0.3, -0.25) is 0 Å². The fourth-order valence-corrected chi connectivity index (χ4v) is 1.17. The quantitative estimate of drug-likeness (QED) is 0.683. The van der Waals surface area contributed by atoms with Crippen LogP contribution in [0.3, 0.4) is 0 Å². The van der Waals surface area contributed by atoms with Crippen molar-refractivity contribution in [1.82, 2.24) is 10.2 Å². The molecule has 0 fully saturated rings. The van der Waals surface area contributed by atoms with Crippen molar-refractivity contribution in [3.05, 3.63) is 0 Å². The molecule has 2 N–H and O–H groups in total. The van der Waals surface area contributed by atoms with Crippen LogP contribution in [-0.2, 0) is 4.74 Å². The van der Waals surface area contributed by atoms with E-state index in [1.54, 1.807) is 26.0 Å². The fraction of sp³-hybridized carbons (Fsp3) is 0.909. The normalized spacial score (nSPS) is 14.3. The molecule has 0 aromatic rings. The molecule has 16 heavy (non-hydrogen) atoms. The van der Waals surface area contributed by atoms with Gasteiger partial charge in [0.05, 0.1) is 6.10 Å². The van der Waals surface area contributed by atoms with E-state index in [4.69, 9.17) is 9.84 Å². The van der Waals surface area contributed by atoms with Gasteiger partial charge < -0.3 is 20.1 Å². The Bertz CT molecular complexity index is 198. The summed E-state index contributed by atoms with van der Waals surface area (Å²) < 4.78 is 4.94. The molecule has 0 radical (unpaired) electrons. The van der Waals surface area contributed by atoms with Crippen LogP contribution < -0.4 is 5.32 Å². The summed E-state index contributed by atoms with van der Waals surface area (Å²) in [5.74, 6) is 0. The topological polar surface area (TPSA) is 61.8 Å². The highest BCUT2D eigenvalue weighted by molar-refractivity contribution is 5.74. The number of hydrogen-bond donors (Lipinski definition) is 2. The number of rotatable bonds is 7. The highest BCUT2D eigenvalue weighted by atomic mass is 16.5. The Labute approximate surface area is 97.8 Å². The molecule has 0 spiro atoms. The number of nitrogens with zero attached hydrogens (tertiary/aromatic N) is 1. The molecule has 2 amide bonds. The van der Waals surface area contributed by atoms with Gasteiger partial charge in [-0.25, -0.2) is 4.79 Å². The van der Waals surface area contributed by atoms with Crippen molar-refractivity contribution in [2.45, 2.75) is 38.8 Å². The van der Waals surface area contributed by atoms with Crippen LogP contribution in [0.15, 0.2) is 0 Å². The molecule has 0 saturated carbocycles. The first-order valence-electron chi connectivity index (χ1n) is 5.66. The standard InChI is InChI=1S/C11H24N2O3/c1-9(6-8-16-4)12-11(15)13(3)7-5-10(2)14/h9-10,14H,5-8H2,1-4H3,(H,12,15). The molecule has 0 bridgehead atoms. The highest BCUT2D eigenvalue weighted by Crippen LogP contribution is 1.96. The number of urea groups is 1. The van der Waals surface area contributed by atoms with Gasteiger partial charge >= 0.3 is 6.03 Å². The summed E-state index contributed by atoms with van der Waals surface area (Å²) in [4.78, 5) is 13.2. The van der Waals surface area contributed by atoms with Gasteiger partial charge in [-0.1, -0.05) is 0 Å². The minimum atomic E-state index is -0.374. The second-order valence-corrected chi connectivity index (χ2v) is 4.19. The molecule has 0 aliphatic heterocycles. The van der Waals surface area contributed by atoms with Crippen LogP contribution in [-0.4, -0.2) is 55.5 Å². The molecular weight excluding hydrogens is 208 g/mol. The summed E-state index contributed by atoms with van der Waals surface area (Å²) in [7, 11) is 3.37. The maximum atomic E-state index is 11.6. The highest BCUT2D eigenvalue weighted by Gasteiger charge is 2.11. The third-order valence-electron chi connectivity index (χ3n) is 2.35. The summed E-state index contributed by atoms with van der Waals surface area (Å²) in [5, 5.41) is 12.0. The van der Waals surface area contributed by atoms with Crippen LogP contribution in [0.4, 0.5) is 4.79 Å². The summed E-state index contributed by atoms with van der Waals surface area (Å²) in [6.45, 7) is 4.85. The number of carbonyl (C=O) groups is 1. The van der Waals surface area contributed by atoms with E-state index in [0.717, 1.165) is 6.42 Å². The van der Waals surface area contributed by atoms with Crippen LogP contribution in [0.5, 0.6) is 0 Å². The number of aliphatic hydroxyl groups is 1. The van der Waals surface area contributed by atoms with Gasteiger partial charge in [-0.05, 0) is 26.7 Å². The number of carbonyl (C=O) groups excluding carboxylic acids is 1. The molecule has 0 aliphatic rings. The molecule has 5 heteroatoms. The summed E-state index contributed by atoms with van der Waals surface area (Å²) >= 11 is 0. The van der Waals surface area contributed by atoms with Crippen molar-refractivity contribution in [3.8, 4) is 0 Å². The van der Waals surface area contributed by atoms with E-state index in [0.29, 0.717) is 19.6 Å². The van der Waals surface area contributed by atoms with Crippen LogP contribution in [0, 0.1) is 0 Å². The van der Waals surface area contributed by atoms with Crippen LogP contribution in [0.2, 0.25) is 0 Å². The Balaban J connectivity index is 3.77. The predicted molar refractivity (Wildman–Crippen MR) is 63.4 cm³/mol. The minimum Gasteiger partial charge on any atom is -0.393 e. The van der Waals surface area contributed by atoms with E-state index in [9.17, 15) is 4.79 Å². The molecule has 0 heterocycles. The maximum Gasteiger partial charge on any atom is 0.317 e. The Morgan fingerprint density at radius 2 is 2.06 bits per heavy atom. The molecule has 2 unspecified atom stereocenters. The predicted octanol–water partition coefficient (Wildman–Crippen LogP) is 0.824. The van der Waals surface area contributed by atoms with Crippen molar-refractivity contribution >= 4 is 6.03 Å². The third kappa shape index (κ3) is 7.48. The van der Waals surface area contributed by atoms with E-state index >= 15 is 0 Å². The van der Waals surface area contributed by atoms with E-state index in [2.05, 4.69) is 5.32 Å². The fourth-order valence-electron chi connectivity index (χ4n) is 1.17. The first-order valence-corrected chi connectivity index (χ1v) is 5.66. The van der Waals surface area contributed by atoms with E-state index in [1.165, 1.54) is 0 Å². The zero-order chi connectivity index (χ0) is 12.6.